The molecule has 0 aliphatic rings. The number of halogens is 2. The van der Waals surface area contributed by atoms with Crippen molar-refractivity contribution >= 4 is 6.09 Å². The van der Waals surface area contributed by atoms with Gasteiger partial charge in [0.25, 0.3) is 0 Å². The van der Waals surface area contributed by atoms with Gasteiger partial charge < -0.3 is 15.2 Å². The second-order valence-corrected chi connectivity index (χ2v) is 5.96. The summed E-state index contributed by atoms with van der Waals surface area (Å²) >= 11 is 0. The average Bonchev–Trinajstić information content (AvgIpc) is 2.35. The first-order valence-corrected chi connectivity index (χ1v) is 6.61. The number of carbonyl (C=O) groups excluding carboxylic acids is 1. The molecule has 0 heterocycles. The van der Waals surface area contributed by atoms with Crippen LogP contribution in [0.15, 0.2) is 24.3 Å². The van der Waals surface area contributed by atoms with E-state index >= 15 is 0 Å². The molecule has 0 aliphatic carbocycles. The Morgan fingerprint density at radius 2 is 1.90 bits per heavy atom. The second-order valence-electron chi connectivity index (χ2n) is 5.96. The molecular formula is C15H21F2NO3. The quantitative estimate of drug-likeness (QED) is 0.899. The van der Waals surface area contributed by atoms with Crippen molar-refractivity contribution in [3.63, 3.8) is 0 Å². The first-order valence-electron chi connectivity index (χ1n) is 6.61. The van der Waals surface area contributed by atoms with Crippen LogP contribution in [0.25, 0.3) is 0 Å². The number of aliphatic hydroxyl groups excluding tert-OH is 1. The van der Waals surface area contributed by atoms with Crippen LogP contribution in [0.1, 0.15) is 33.3 Å². The van der Waals surface area contributed by atoms with E-state index in [0.717, 1.165) is 6.07 Å². The molecule has 0 radical (unpaired) electrons. The highest BCUT2D eigenvalue weighted by atomic mass is 19.1. The zero-order valence-electron chi connectivity index (χ0n) is 12.6. The zero-order chi connectivity index (χ0) is 16.3. The van der Waals surface area contributed by atoms with Gasteiger partial charge in [-0.05, 0) is 33.8 Å². The number of hydrogen-bond acceptors (Lipinski definition) is 3. The molecule has 118 valence electrons. The Morgan fingerprint density at radius 3 is 2.38 bits per heavy atom. The Labute approximate surface area is 123 Å². The van der Waals surface area contributed by atoms with E-state index in [2.05, 4.69) is 5.32 Å². The third-order valence-corrected chi connectivity index (χ3v) is 2.98. The van der Waals surface area contributed by atoms with E-state index in [4.69, 9.17) is 9.84 Å². The summed E-state index contributed by atoms with van der Waals surface area (Å²) in [5, 5.41) is 11.4. The molecule has 2 N–H and O–H groups in total. The van der Waals surface area contributed by atoms with Crippen molar-refractivity contribution in [3.05, 3.63) is 35.6 Å². The molecule has 0 fully saturated rings. The molecule has 6 heteroatoms. The van der Waals surface area contributed by atoms with Crippen LogP contribution in [0.5, 0.6) is 0 Å². The average molecular weight is 301 g/mol. The van der Waals surface area contributed by atoms with E-state index < -0.39 is 35.8 Å². The molecular weight excluding hydrogens is 280 g/mol. The molecule has 1 aromatic rings. The van der Waals surface area contributed by atoms with E-state index in [1.165, 1.54) is 25.1 Å². The van der Waals surface area contributed by atoms with Crippen LogP contribution in [-0.2, 0) is 10.3 Å². The summed E-state index contributed by atoms with van der Waals surface area (Å²) in [7, 11) is 0. The normalized spacial score (nSPS) is 16.0. The summed E-state index contributed by atoms with van der Waals surface area (Å²) in [5.41, 5.74) is -2.56. The fourth-order valence-corrected chi connectivity index (χ4v) is 1.89. The monoisotopic (exact) mass is 301 g/mol. The van der Waals surface area contributed by atoms with Crippen LogP contribution in [0, 0.1) is 5.82 Å². The Bertz CT molecular complexity index is 502. The van der Waals surface area contributed by atoms with E-state index in [9.17, 15) is 13.6 Å². The smallest absolute Gasteiger partial charge is 0.408 e. The number of aliphatic hydroxyl groups is 1. The molecule has 2 atom stereocenters. The Morgan fingerprint density at radius 1 is 1.33 bits per heavy atom. The minimum Gasteiger partial charge on any atom is -0.444 e. The summed E-state index contributed by atoms with van der Waals surface area (Å²) in [6, 6.07) is 5.50. The first kappa shape index (κ1) is 17.4. The van der Waals surface area contributed by atoms with E-state index in [0.29, 0.717) is 0 Å². The summed E-state index contributed by atoms with van der Waals surface area (Å²) < 4.78 is 33.2. The van der Waals surface area contributed by atoms with Crippen molar-refractivity contribution in [2.24, 2.45) is 0 Å². The molecule has 0 saturated carbocycles. The van der Waals surface area contributed by atoms with Crippen LogP contribution < -0.4 is 5.32 Å². The Kier molecular flexibility index (Phi) is 5.28. The molecule has 1 aromatic carbocycles. The maximum atomic E-state index is 14.2. The van der Waals surface area contributed by atoms with Gasteiger partial charge in [-0.3, -0.25) is 0 Å². The molecule has 0 bridgehead atoms. The van der Waals surface area contributed by atoms with Crippen molar-refractivity contribution in [1.29, 1.82) is 0 Å². The Hall–Kier alpha value is -1.69. The molecule has 1 rings (SSSR count). The first-order chi connectivity index (χ1) is 9.60. The highest BCUT2D eigenvalue weighted by molar-refractivity contribution is 5.69. The number of alkyl halides is 1. The predicted molar refractivity (Wildman–Crippen MR) is 75.1 cm³/mol. The van der Waals surface area contributed by atoms with Gasteiger partial charge >= 0.3 is 6.09 Å². The van der Waals surface area contributed by atoms with Crippen molar-refractivity contribution in [2.75, 3.05) is 6.61 Å². The van der Waals surface area contributed by atoms with Crippen LogP contribution in [0.4, 0.5) is 13.6 Å². The van der Waals surface area contributed by atoms with Crippen LogP contribution in [-0.4, -0.2) is 29.6 Å². The lowest BCUT2D eigenvalue weighted by atomic mass is 9.87. The largest absolute Gasteiger partial charge is 0.444 e. The van der Waals surface area contributed by atoms with Gasteiger partial charge in [0.15, 0.2) is 6.17 Å². The van der Waals surface area contributed by atoms with Crippen molar-refractivity contribution in [1.82, 2.24) is 5.32 Å². The topological polar surface area (TPSA) is 58.6 Å². The van der Waals surface area contributed by atoms with Gasteiger partial charge in [-0.1, -0.05) is 18.2 Å². The van der Waals surface area contributed by atoms with E-state index in [-0.39, 0.29) is 5.56 Å². The maximum absolute atomic E-state index is 14.2. The molecule has 0 aliphatic heterocycles. The molecule has 21 heavy (non-hydrogen) atoms. The summed E-state index contributed by atoms with van der Waals surface area (Å²) in [5.74, 6) is -0.674. The molecule has 0 unspecified atom stereocenters. The lowest BCUT2D eigenvalue weighted by Gasteiger charge is -2.34. The van der Waals surface area contributed by atoms with Crippen LogP contribution >= 0.6 is 0 Å². The van der Waals surface area contributed by atoms with Crippen molar-refractivity contribution in [2.45, 2.75) is 45.0 Å². The molecule has 0 saturated heterocycles. The maximum Gasteiger partial charge on any atom is 0.408 e. The molecule has 1 amide bonds. The number of rotatable bonds is 4. The van der Waals surface area contributed by atoms with E-state index in [1.54, 1.807) is 20.8 Å². The van der Waals surface area contributed by atoms with Gasteiger partial charge in [-0.2, -0.15) is 0 Å². The number of benzene rings is 1. The van der Waals surface area contributed by atoms with E-state index in [1.807, 2.05) is 0 Å². The third-order valence-electron chi connectivity index (χ3n) is 2.98. The lowest BCUT2D eigenvalue weighted by Crippen LogP contribution is -2.53. The van der Waals surface area contributed by atoms with Gasteiger partial charge in [0.05, 0.1) is 6.61 Å². The highest BCUT2D eigenvalue weighted by Crippen LogP contribution is 2.29. The molecule has 0 aromatic heterocycles. The summed E-state index contributed by atoms with van der Waals surface area (Å²) in [6.45, 7) is 5.42. The SMILES string of the molecule is CC(C)(C)OC(=O)N[C@](C)(c1ccccc1F)[C@@H](F)CO. The summed E-state index contributed by atoms with van der Waals surface area (Å²) in [4.78, 5) is 11.9. The number of alkyl carbamates (subject to hydrolysis) is 1. The van der Waals surface area contributed by atoms with Gasteiger partial charge in [0, 0.05) is 5.56 Å². The molecule has 0 spiro atoms. The third kappa shape index (κ3) is 4.39. The standard InChI is InChI=1S/C15H21F2NO3/c1-14(2,3)21-13(20)18-15(4,12(17)9-19)10-7-5-6-8-11(10)16/h5-8,12,19H,9H2,1-4H3,(H,18,20)/t12-,15+/m0/s1. The van der Waals surface area contributed by atoms with Gasteiger partial charge in [-0.15, -0.1) is 0 Å². The lowest BCUT2D eigenvalue weighted by molar-refractivity contribution is 0.0311. The van der Waals surface area contributed by atoms with Crippen molar-refractivity contribution < 1.29 is 23.4 Å². The van der Waals surface area contributed by atoms with Gasteiger partial charge in [0.2, 0.25) is 0 Å². The minimum absolute atomic E-state index is 0.0580. The fraction of sp³-hybridized carbons (Fsp3) is 0.533. The second kappa shape index (κ2) is 6.39. The highest BCUT2D eigenvalue weighted by Gasteiger charge is 2.40. The van der Waals surface area contributed by atoms with Gasteiger partial charge in [0.1, 0.15) is 17.0 Å². The number of nitrogens with one attached hydrogen (secondary N) is 1. The summed E-state index contributed by atoms with van der Waals surface area (Å²) in [6.07, 6.45) is -2.77. The van der Waals surface area contributed by atoms with Crippen LogP contribution in [0.3, 0.4) is 0 Å². The molecule has 4 nitrogen and oxygen atoms in total. The fourth-order valence-electron chi connectivity index (χ4n) is 1.89. The number of amides is 1. The van der Waals surface area contributed by atoms with Crippen molar-refractivity contribution in [3.8, 4) is 0 Å². The Balaban J connectivity index is 3.12. The number of hydrogen-bond donors (Lipinski definition) is 2. The zero-order valence-corrected chi connectivity index (χ0v) is 12.6. The van der Waals surface area contributed by atoms with Gasteiger partial charge in [-0.25, -0.2) is 13.6 Å². The number of carbonyl (C=O) groups is 1. The van der Waals surface area contributed by atoms with Crippen LogP contribution in [0.2, 0.25) is 0 Å². The number of ether oxygens (including phenoxy) is 1. The minimum atomic E-state index is -1.89. The predicted octanol–water partition coefficient (Wildman–Crippen LogP) is 2.90.